The third-order valence-electron chi connectivity index (χ3n) is 4.07. The lowest BCUT2D eigenvalue weighted by atomic mass is 10.3. The predicted octanol–water partition coefficient (Wildman–Crippen LogP) is 3.83. The van der Waals surface area contributed by atoms with Crippen molar-refractivity contribution in [3.63, 3.8) is 0 Å². The Balaban J connectivity index is 1.59. The Morgan fingerprint density at radius 3 is 2.66 bits per heavy atom. The number of aromatic nitrogens is 3. The quantitative estimate of drug-likeness (QED) is 0.562. The summed E-state index contributed by atoms with van der Waals surface area (Å²) in [5, 5.41) is 11.7. The van der Waals surface area contributed by atoms with Crippen LogP contribution in [0.25, 0.3) is 0 Å². The summed E-state index contributed by atoms with van der Waals surface area (Å²) < 4.78 is 25.8. The molecule has 0 spiro atoms. The maximum Gasteiger partial charge on any atom is 0.234 e. The van der Waals surface area contributed by atoms with Crippen molar-refractivity contribution in [2.45, 2.75) is 18.2 Å². The molecule has 3 aromatic rings. The molecule has 0 fully saturated rings. The van der Waals surface area contributed by atoms with Gasteiger partial charge in [0.15, 0.2) is 17.1 Å². The standard InChI is InChI=1S/C20H21FN4O3S/c1-13(28-15-10-8-14(21)9-11-15)19-23-24-20(25(19)2)29-12-18(26)22-16-6-4-5-7-17(16)27-3/h4-11,13H,12H2,1-3H3,(H,22,26). The molecule has 3 rings (SSSR count). The number of thioether (sulfide) groups is 1. The first kappa shape index (κ1) is 20.7. The Morgan fingerprint density at radius 2 is 1.93 bits per heavy atom. The number of amides is 1. The first-order chi connectivity index (χ1) is 14.0. The maximum absolute atomic E-state index is 13.0. The predicted molar refractivity (Wildman–Crippen MR) is 109 cm³/mol. The van der Waals surface area contributed by atoms with Crippen LogP contribution in [0.3, 0.4) is 0 Å². The Kier molecular flexibility index (Phi) is 6.71. The molecule has 1 unspecified atom stereocenters. The third kappa shape index (κ3) is 5.26. The molecular formula is C20H21FN4O3S. The molecule has 29 heavy (non-hydrogen) atoms. The average molecular weight is 416 g/mol. The number of para-hydroxylation sites is 2. The molecule has 0 aliphatic rings. The summed E-state index contributed by atoms with van der Waals surface area (Å²) in [4.78, 5) is 12.3. The Labute approximate surface area is 172 Å². The van der Waals surface area contributed by atoms with Gasteiger partial charge in [-0.15, -0.1) is 10.2 Å². The van der Waals surface area contributed by atoms with Crippen molar-refractivity contribution in [2.24, 2.45) is 7.05 Å². The molecular weight excluding hydrogens is 395 g/mol. The summed E-state index contributed by atoms with van der Waals surface area (Å²) in [5.74, 6) is 1.39. The van der Waals surface area contributed by atoms with E-state index in [-0.39, 0.29) is 17.5 Å². The summed E-state index contributed by atoms with van der Waals surface area (Å²) in [6.45, 7) is 1.83. The van der Waals surface area contributed by atoms with Crippen LogP contribution in [0.5, 0.6) is 11.5 Å². The van der Waals surface area contributed by atoms with Crippen LogP contribution >= 0.6 is 11.8 Å². The minimum Gasteiger partial charge on any atom is -0.495 e. The van der Waals surface area contributed by atoms with Crippen LogP contribution in [0.2, 0.25) is 0 Å². The maximum atomic E-state index is 13.0. The molecule has 0 saturated heterocycles. The van der Waals surface area contributed by atoms with Gasteiger partial charge in [-0.05, 0) is 43.3 Å². The fourth-order valence-corrected chi connectivity index (χ4v) is 3.36. The first-order valence-electron chi connectivity index (χ1n) is 8.85. The molecule has 0 bridgehead atoms. The molecule has 152 valence electrons. The zero-order valence-corrected chi connectivity index (χ0v) is 17.1. The van der Waals surface area contributed by atoms with Crippen LogP contribution < -0.4 is 14.8 Å². The van der Waals surface area contributed by atoms with E-state index in [1.165, 1.54) is 23.9 Å². The van der Waals surface area contributed by atoms with Crippen molar-refractivity contribution >= 4 is 23.4 Å². The second-order valence-corrected chi connectivity index (χ2v) is 7.09. The van der Waals surface area contributed by atoms with E-state index in [0.29, 0.717) is 28.2 Å². The molecule has 9 heteroatoms. The second kappa shape index (κ2) is 9.42. The van der Waals surface area contributed by atoms with Crippen molar-refractivity contribution < 1.29 is 18.7 Å². The van der Waals surface area contributed by atoms with Gasteiger partial charge in [0, 0.05) is 7.05 Å². The smallest absolute Gasteiger partial charge is 0.234 e. The minimum absolute atomic E-state index is 0.164. The second-order valence-electron chi connectivity index (χ2n) is 6.15. The molecule has 0 aliphatic heterocycles. The van der Waals surface area contributed by atoms with Gasteiger partial charge in [-0.2, -0.15) is 0 Å². The Morgan fingerprint density at radius 1 is 1.21 bits per heavy atom. The largest absolute Gasteiger partial charge is 0.495 e. The van der Waals surface area contributed by atoms with Crippen LogP contribution in [-0.2, 0) is 11.8 Å². The van der Waals surface area contributed by atoms with E-state index in [1.807, 2.05) is 19.1 Å². The molecule has 2 aromatic carbocycles. The molecule has 0 aliphatic carbocycles. The summed E-state index contributed by atoms with van der Waals surface area (Å²) in [6.07, 6.45) is -0.394. The van der Waals surface area contributed by atoms with Crippen molar-refractivity contribution in [3.8, 4) is 11.5 Å². The van der Waals surface area contributed by atoms with Crippen LogP contribution in [0.4, 0.5) is 10.1 Å². The topological polar surface area (TPSA) is 78.3 Å². The molecule has 0 radical (unpaired) electrons. The fraction of sp³-hybridized carbons (Fsp3) is 0.250. The van der Waals surface area contributed by atoms with Gasteiger partial charge < -0.3 is 19.4 Å². The van der Waals surface area contributed by atoms with Gasteiger partial charge >= 0.3 is 0 Å². The highest BCUT2D eigenvalue weighted by Crippen LogP contribution is 2.25. The molecule has 0 saturated carbocycles. The van der Waals surface area contributed by atoms with Gasteiger partial charge in [-0.3, -0.25) is 4.79 Å². The van der Waals surface area contributed by atoms with E-state index < -0.39 is 6.10 Å². The van der Waals surface area contributed by atoms with Gasteiger partial charge in [-0.25, -0.2) is 4.39 Å². The van der Waals surface area contributed by atoms with E-state index in [2.05, 4.69) is 15.5 Å². The Hall–Kier alpha value is -3.07. The SMILES string of the molecule is COc1ccccc1NC(=O)CSc1nnc(C(C)Oc2ccc(F)cc2)n1C. The van der Waals surface area contributed by atoms with Crippen LogP contribution in [-0.4, -0.2) is 33.5 Å². The van der Waals surface area contributed by atoms with Crippen LogP contribution in [0, 0.1) is 5.82 Å². The zero-order valence-electron chi connectivity index (χ0n) is 16.3. The van der Waals surface area contributed by atoms with E-state index >= 15 is 0 Å². The molecule has 7 nitrogen and oxygen atoms in total. The van der Waals surface area contributed by atoms with Gasteiger partial charge in [0.25, 0.3) is 0 Å². The van der Waals surface area contributed by atoms with Crippen LogP contribution in [0.1, 0.15) is 18.9 Å². The zero-order chi connectivity index (χ0) is 20.8. The molecule has 1 heterocycles. The number of nitrogens with one attached hydrogen (secondary N) is 1. The summed E-state index contributed by atoms with van der Waals surface area (Å²) in [7, 11) is 3.36. The third-order valence-corrected chi connectivity index (χ3v) is 5.09. The normalized spacial score (nSPS) is 11.7. The van der Waals surface area contributed by atoms with E-state index in [0.717, 1.165) is 0 Å². The molecule has 1 N–H and O–H groups in total. The number of hydrogen-bond acceptors (Lipinski definition) is 6. The summed E-state index contributed by atoms with van der Waals surface area (Å²) in [5.41, 5.74) is 0.612. The first-order valence-corrected chi connectivity index (χ1v) is 9.83. The number of hydrogen-bond donors (Lipinski definition) is 1. The van der Waals surface area contributed by atoms with E-state index in [1.54, 1.807) is 43.0 Å². The van der Waals surface area contributed by atoms with Gasteiger partial charge in [0.2, 0.25) is 5.91 Å². The van der Waals surface area contributed by atoms with Crippen molar-refractivity contribution in [3.05, 3.63) is 60.2 Å². The summed E-state index contributed by atoms with van der Waals surface area (Å²) in [6, 6.07) is 13.0. The van der Waals surface area contributed by atoms with E-state index in [9.17, 15) is 9.18 Å². The highest BCUT2D eigenvalue weighted by molar-refractivity contribution is 7.99. The fourth-order valence-electron chi connectivity index (χ4n) is 2.64. The lowest BCUT2D eigenvalue weighted by molar-refractivity contribution is -0.113. The van der Waals surface area contributed by atoms with Crippen molar-refractivity contribution in [2.75, 3.05) is 18.2 Å². The number of halogens is 1. The van der Waals surface area contributed by atoms with Crippen molar-refractivity contribution in [1.82, 2.24) is 14.8 Å². The number of nitrogens with zero attached hydrogens (tertiary/aromatic N) is 3. The van der Waals surface area contributed by atoms with E-state index in [4.69, 9.17) is 9.47 Å². The molecule has 1 aromatic heterocycles. The molecule has 1 atom stereocenters. The number of carbonyl (C=O) groups excluding carboxylic acids is 1. The molecule has 1 amide bonds. The number of rotatable bonds is 8. The van der Waals surface area contributed by atoms with Gasteiger partial charge in [0.1, 0.15) is 17.3 Å². The number of anilines is 1. The number of methoxy groups -OCH3 is 1. The van der Waals surface area contributed by atoms with Crippen molar-refractivity contribution in [1.29, 1.82) is 0 Å². The lowest BCUT2D eigenvalue weighted by Gasteiger charge is -2.14. The number of carbonyl (C=O) groups is 1. The highest BCUT2D eigenvalue weighted by atomic mass is 32.2. The summed E-state index contributed by atoms with van der Waals surface area (Å²) >= 11 is 1.27. The number of ether oxygens (including phenoxy) is 2. The average Bonchev–Trinajstić information content (AvgIpc) is 3.09. The number of benzene rings is 2. The van der Waals surface area contributed by atoms with Gasteiger partial charge in [-0.1, -0.05) is 23.9 Å². The Bertz CT molecular complexity index is 978. The monoisotopic (exact) mass is 416 g/mol. The highest BCUT2D eigenvalue weighted by Gasteiger charge is 2.18. The van der Waals surface area contributed by atoms with Crippen LogP contribution in [0.15, 0.2) is 53.7 Å². The lowest BCUT2D eigenvalue weighted by Crippen LogP contribution is -2.15. The minimum atomic E-state index is -0.394. The van der Waals surface area contributed by atoms with Gasteiger partial charge in [0.05, 0.1) is 18.6 Å².